The maximum Gasteiger partial charge on any atom is 0.323 e. The molecule has 5 heteroatoms. The third kappa shape index (κ3) is 3.14. The molecule has 0 saturated heterocycles. The zero-order chi connectivity index (χ0) is 11.3. The summed E-state index contributed by atoms with van der Waals surface area (Å²) >= 11 is 0. The van der Waals surface area contributed by atoms with E-state index in [1.54, 1.807) is 0 Å². The van der Waals surface area contributed by atoms with Crippen molar-refractivity contribution in [3.05, 3.63) is 22.5 Å². The van der Waals surface area contributed by atoms with Gasteiger partial charge in [0.15, 0.2) is 0 Å². The molecular formula is C10H13N3O2. The van der Waals surface area contributed by atoms with E-state index in [2.05, 4.69) is 9.95 Å². The summed E-state index contributed by atoms with van der Waals surface area (Å²) in [7, 11) is 0. The Morgan fingerprint density at radius 1 is 1.60 bits per heavy atom. The average molecular weight is 207 g/mol. The molecule has 0 fully saturated rings. The Labute approximate surface area is 87.7 Å². The minimum absolute atomic E-state index is 0.177. The topological polar surface area (TPSA) is 79.5 Å². The molecule has 0 aliphatic carbocycles. The van der Waals surface area contributed by atoms with Crippen LogP contribution in [0.1, 0.15) is 29.9 Å². The van der Waals surface area contributed by atoms with Crippen LogP contribution in [0.4, 0.5) is 0 Å². The summed E-state index contributed by atoms with van der Waals surface area (Å²) in [5.41, 5.74) is 10.1. The Kier molecular flexibility index (Phi) is 3.94. The maximum absolute atomic E-state index is 11.0. The Hall–Kier alpha value is -1.74. The number of hydrogen-bond donors (Lipinski definition) is 0. The van der Waals surface area contributed by atoms with Crippen molar-refractivity contribution < 1.29 is 14.1 Å². The fourth-order valence-electron chi connectivity index (χ4n) is 1.43. The Bertz CT molecular complexity index is 383. The predicted molar refractivity (Wildman–Crippen MR) is 53.6 cm³/mol. The third-order valence-electron chi connectivity index (χ3n) is 2.23. The molecular weight excluding hydrogens is 194 g/mol. The highest BCUT2D eigenvalue weighted by Gasteiger charge is 2.09. The largest absolute Gasteiger partial charge is 0.361 e. The highest BCUT2D eigenvalue weighted by Crippen LogP contribution is 2.14. The second-order valence-electron chi connectivity index (χ2n) is 3.37. The summed E-state index contributed by atoms with van der Waals surface area (Å²) in [4.78, 5) is 13.7. The molecule has 0 unspecified atom stereocenters. The van der Waals surface area contributed by atoms with Gasteiger partial charge in [0.2, 0.25) is 5.78 Å². The molecule has 0 N–H and O–H groups in total. The first kappa shape index (κ1) is 11.3. The van der Waals surface area contributed by atoms with E-state index < -0.39 is 0 Å². The van der Waals surface area contributed by atoms with Gasteiger partial charge in [-0.1, -0.05) is 5.16 Å². The number of hydrogen-bond acceptors (Lipinski definition) is 3. The Balaban J connectivity index is 2.44. The molecule has 0 bridgehead atoms. The second-order valence-corrected chi connectivity index (χ2v) is 3.37. The number of carbonyl (C=O) groups excluding carboxylic acids is 1. The number of aromatic nitrogens is 1. The molecule has 1 aromatic heterocycles. The van der Waals surface area contributed by atoms with Gasteiger partial charge in [-0.15, -0.1) is 0 Å². The highest BCUT2D eigenvalue weighted by atomic mass is 16.5. The molecule has 0 aliphatic heterocycles. The van der Waals surface area contributed by atoms with Gasteiger partial charge in [-0.2, -0.15) is 4.79 Å². The van der Waals surface area contributed by atoms with Crippen LogP contribution in [0.5, 0.6) is 0 Å². The van der Waals surface area contributed by atoms with E-state index in [4.69, 9.17) is 10.1 Å². The normalized spacial score (nSPS) is 9.73. The summed E-state index contributed by atoms with van der Waals surface area (Å²) in [5, 5.41) is 3.82. The van der Waals surface area contributed by atoms with Crippen molar-refractivity contribution in [1.82, 2.24) is 5.16 Å². The molecule has 1 aromatic rings. The highest BCUT2D eigenvalue weighted by molar-refractivity contribution is 6.25. The van der Waals surface area contributed by atoms with Crippen LogP contribution in [0.25, 0.3) is 5.53 Å². The van der Waals surface area contributed by atoms with Gasteiger partial charge in [-0.05, 0) is 26.7 Å². The number of ketones is 1. The molecule has 0 spiro atoms. The SMILES string of the molecule is Cc1noc(C)c1CCCC(=O)C=[N+]=[N-]. The van der Waals surface area contributed by atoms with Crippen molar-refractivity contribution in [2.45, 2.75) is 33.1 Å². The van der Waals surface area contributed by atoms with Gasteiger partial charge in [-0.25, -0.2) is 0 Å². The molecule has 0 radical (unpaired) electrons. The number of rotatable bonds is 5. The first-order chi connectivity index (χ1) is 7.15. The molecule has 5 nitrogen and oxygen atoms in total. The standard InChI is InChI=1S/C10H13N3O2/c1-7-10(8(2)15-13-7)5-3-4-9(14)6-12-11/h6H,3-5H2,1-2H3. The zero-order valence-corrected chi connectivity index (χ0v) is 8.86. The first-order valence-corrected chi connectivity index (χ1v) is 4.77. The van der Waals surface area contributed by atoms with E-state index in [1.165, 1.54) is 0 Å². The van der Waals surface area contributed by atoms with Gasteiger partial charge in [-0.3, -0.25) is 4.79 Å². The van der Waals surface area contributed by atoms with Gasteiger partial charge in [0.1, 0.15) is 5.76 Å². The Morgan fingerprint density at radius 3 is 2.87 bits per heavy atom. The van der Waals surface area contributed by atoms with Crippen LogP contribution in [-0.4, -0.2) is 21.9 Å². The van der Waals surface area contributed by atoms with E-state index in [-0.39, 0.29) is 5.78 Å². The van der Waals surface area contributed by atoms with Crippen LogP contribution in [0.2, 0.25) is 0 Å². The lowest BCUT2D eigenvalue weighted by atomic mass is 10.1. The van der Waals surface area contributed by atoms with Crippen molar-refractivity contribution in [2.24, 2.45) is 0 Å². The molecule has 0 aliphatic rings. The minimum Gasteiger partial charge on any atom is -0.361 e. The smallest absolute Gasteiger partial charge is 0.323 e. The van der Waals surface area contributed by atoms with Crippen molar-refractivity contribution in [3.8, 4) is 0 Å². The molecule has 15 heavy (non-hydrogen) atoms. The van der Waals surface area contributed by atoms with Crippen molar-refractivity contribution >= 4 is 12.0 Å². The first-order valence-electron chi connectivity index (χ1n) is 4.77. The summed E-state index contributed by atoms with van der Waals surface area (Å²) in [6.45, 7) is 3.73. The molecule has 1 heterocycles. The number of nitrogens with zero attached hydrogens (tertiary/aromatic N) is 3. The molecule has 0 atom stereocenters. The van der Waals surface area contributed by atoms with Gasteiger partial charge in [0, 0.05) is 12.0 Å². The van der Waals surface area contributed by atoms with E-state index in [9.17, 15) is 4.79 Å². The van der Waals surface area contributed by atoms with Crippen LogP contribution in [0.15, 0.2) is 4.52 Å². The summed E-state index contributed by atoms with van der Waals surface area (Å²) < 4.78 is 5.00. The molecule has 0 saturated carbocycles. The van der Waals surface area contributed by atoms with Gasteiger partial charge >= 0.3 is 6.21 Å². The monoisotopic (exact) mass is 207 g/mol. The maximum atomic E-state index is 11.0. The van der Waals surface area contributed by atoms with E-state index in [1.807, 2.05) is 13.8 Å². The summed E-state index contributed by atoms with van der Waals surface area (Å²) in [5.74, 6) is 0.625. The number of carbonyl (C=O) groups is 1. The average Bonchev–Trinajstić information content (AvgIpc) is 2.49. The lowest BCUT2D eigenvalue weighted by Gasteiger charge is -1.96. The van der Waals surface area contributed by atoms with Crippen molar-refractivity contribution in [3.63, 3.8) is 0 Å². The second kappa shape index (κ2) is 5.22. The van der Waals surface area contributed by atoms with Crippen LogP contribution >= 0.6 is 0 Å². The number of aryl methyl sites for hydroxylation is 2. The van der Waals surface area contributed by atoms with E-state index in [0.717, 1.165) is 29.7 Å². The van der Waals surface area contributed by atoms with Crippen LogP contribution in [0.3, 0.4) is 0 Å². The lowest BCUT2D eigenvalue weighted by molar-refractivity contribution is -0.116. The molecule has 80 valence electrons. The minimum atomic E-state index is -0.177. The van der Waals surface area contributed by atoms with Crippen molar-refractivity contribution in [2.75, 3.05) is 0 Å². The van der Waals surface area contributed by atoms with Crippen LogP contribution < -0.4 is 0 Å². The molecule has 0 aromatic carbocycles. The Morgan fingerprint density at radius 2 is 2.33 bits per heavy atom. The fourth-order valence-corrected chi connectivity index (χ4v) is 1.43. The fraction of sp³-hybridized carbons (Fsp3) is 0.500. The van der Waals surface area contributed by atoms with Gasteiger partial charge < -0.3 is 10.1 Å². The van der Waals surface area contributed by atoms with Crippen molar-refractivity contribution in [1.29, 1.82) is 0 Å². The quantitative estimate of drug-likeness (QED) is 0.416. The lowest BCUT2D eigenvalue weighted by Crippen LogP contribution is -2.01. The molecule has 0 amide bonds. The molecule has 1 rings (SSSR count). The number of Topliss-reactive ketones (excluding diaryl/α,β-unsaturated/α-hetero) is 1. The summed E-state index contributed by atoms with van der Waals surface area (Å²) in [6, 6.07) is 0. The van der Waals surface area contributed by atoms with E-state index in [0.29, 0.717) is 12.8 Å². The van der Waals surface area contributed by atoms with E-state index >= 15 is 0 Å². The zero-order valence-electron chi connectivity index (χ0n) is 8.86. The van der Waals surface area contributed by atoms with Gasteiger partial charge in [0.05, 0.1) is 5.69 Å². The van der Waals surface area contributed by atoms with Gasteiger partial charge in [0.25, 0.3) is 0 Å². The van der Waals surface area contributed by atoms with Crippen LogP contribution in [0, 0.1) is 13.8 Å². The third-order valence-corrected chi connectivity index (χ3v) is 2.23. The van der Waals surface area contributed by atoms with Crippen LogP contribution in [-0.2, 0) is 11.2 Å². The summed E-state index contributed by atoms with van der Waals surface area (Å²) in [6.07, 6.45) is 2.75. The predicted octanol–water partition coefficient (Wildman–Crippen LogP) is 1.48.